The van der Waals surface area contributed by atoms with E-state index in [1.807, 2.05) is 13.8 Å². The summed E-state index contributed by atoms with van der Waals surface area (Å²) >= 11 is 0. The van der Waals surface area contributed by atoms with E-state index in [9.17, 15) is 14.9 Å². The van der Waals surface area contributed by atoms with Gasteiger partial charge >= 0.3 is 11.7 Å². The second-order valence-corrected chi connectivity index (χ2v) is 4.37. The number of benzene rings is 1. The van der Waals surface area contributed by atoms with Gasteiger partial charge in [-0.05, 0) is 37.1 Å². The largest absolute Gasteiger partial charge is 0.484 e. The van der Waals surface area contributed by atoms with Crippen LogP contribution in [0.3, 0.4) is 0 Å². The van der Waals surface area contributed by atoms with Crippen LogP contribution in [0.4, 0.5) is 5.69 Å². The SMILES string of the molecule is CCCC(C)Oc1cc(/C=C/C(=O)O)ccc1[N+](=O)[O-]. The molecule has 0 aliphatic carbocycles. The van der Waals surface area contributed by atoms with Crippen LogP contribution in [0.1, 0.15) is 32.3 Å². The molecule has 20 heavy (non-hydrogen) atoms. The van der Waals surface area contributed by atoms with Crippen LogP contribution >= 0.6 is 0 Å². The van der Waals surface area contributed by atoms with Crippen LogP contribution in [0.15, 0.2) is 24.3 Å². The molecule has 1 aromatic carbocycles. The summed E-state index contributed by atoms with van der Waals surface area (Å²) in [4.78, 5) is 20.9. The van der Waals surface area contributed by atoms with Crippen LogP contribution in [0.2, 0.25) is 0 Å². The van der Waals surface area contributed by atoms with Gasteiger partial charge in [0.2, 0.25) is 0 Å². The summed E-state index contributed by atoms with van der Waals surface area (Å²) in [5, 5.41) is 19.5. The zero-order valence-electron chi connectivity index (χ0n) is 11.4. The molecule has 0 saturated heterocycles. The van der Waals surface area contributed by atoms with Crippen LogP contribution < -0.4 is 4.74 Å². The summed E-state index contributed by atoms with van der Waals surface area (Å²) in [6, 6.07) is 4.27. The Morgan fingerprint density at radius 3 is 2.80 bits per heavy atom. The third-order valence-corrected chi connectivity index (χ3v) is 2.62. The number of carboxylic acid groups (broad SMARTS) is 1. The average Bonchev–Trinajstić information content (AvgIpc) is 2.36. The molecule has 1 N–H and O–H groups in total. The molecular weight excluding hydrogens is 262 g/mol. The number of hydrogen-bond donors (Lipinski definition) is 1. The summed E-state index contributed by atoms with van der Waals surface area (Å²) in [6.07, 6.45) is 3.89. The van der Waals surface area contributed by atoms with Gasteiger partial charge in [-0.25, -0.2) is 4.79 Å². The van der Waals surface area contributed by atoms with Gasteiger partial charge in [-0.1, -0.05) is 13.3 Å². The zero-order valence-corrected chi connectivity index (χ0v) is 11.4. The highest BCUT2D eigenvalue weighted by molar-refractivity contribution is 5.85. The Balaban J connectivity index is 3.05. The summed E-state index contributed by atoms with van der Waals surface area (Å²) in [6.45, 7) is 3.84. The number of nitro groups is 1. The van der Waals surface area contributed by atoms with Crippen molar-refractivity contribution in [1.82, 2.24) is 0 Å². The normalized spacial score (nSPS) is 12.3. The average molecular weight is 279 g/mol. The third-order valence-electron chi connectivity index (χ3n) is 2.62. The lowest BCUT2D eigenvalue weighted by molar-refractivity contribution is -0.386. The van der Waals surface area contributed by atoms with Gasteiger partial charge < -0.3 is 9.84 Å². The molecule has 0 heterocycles. The number of rotatable bonds is 7. The lowest BCUT2D eigenvalue weighted by Crippen LogP contribution is -2.12. The Morgan fingerprint density at radius 1 is 1.55 bits per heavy atom. The number of carbonyl (C=O) groups is 1. The van der Waals surface area contributed by atoms with Crippen molar-refractivity contribution < 1.29 is 19.6 Å². The van der Waals surface area contributed by atoms with E-state index in [-0.39, 0.29) is 17.5 Å². The molecule has 0 aliphatic heterocycles. The fraction of sp³-hybridized carbons (Fsp3) is 0.357. The van der Waals surface area contributed by atoms with Gasteiger partial charge in [-0.2, -0.15) is 0 Å². The van der Waals surface area contributed by atoms with Gasteiger partial charge in [0.1, 0.15) is 0 Å². The van der Waals surface area contributed by atoms with Crippen molar-refractivity contribution in [3.05, 3.63) is 40.0 Å². The third kappa shape index (κ3) is 4.72. The minimum Gasteiger partial charge on any atom is -0.484 e. The molecule has 0 fully saturated rings. The Morgan fingerprint density at radius 2 is 2.25 bits per heavy atom. The quantitative estimate of drug-likeness (QED) is 0.470. The van der Waals surface area contributed by atoms with Crippen molar-refractivity contribution in [2.45, 2.75) is 32.8 Å². The summed E-state index contributed by atoms with van der Waals surface area (Å²) in [5.41, 5.74) is 0.414. The first-order chi connectivity index (χ1) is 9.43. The Hall–Kier alpha value is -2.37. The molecule has 1 aromatic rings. The maximum Gasteiger partial charge on any atom is 0.328 e. The molecule has 0 bridgehead atoms. The van der Waals surface area contributed by atoms with Crippen LogP contribution in [-0.4, -0.2) is 22.1 Å². The number of aliphatic carboxylic acids is 1. The summed E-state index contributed by atoms with van der Waals surface area (Å²) in [7, 11) is 0. The molecule has 1 unspecified atom stereocenters. The van der Waals surface area contributed by atoms with Crippen LogP contribution in [-0.2, 0) is 4.79 Å². The molecule has 0 aliphatic rings. The molecule has 1 rings (SSSR count). The number of carboxylic acids is 1. The first kappa shape index (κ1) is 15.7. The Labute approximate surface area is 116 Å². The highest BCUT2D eigenvalue weighted by Gasteiger charge is 2.17. The topological polar surface area (TPSA) is 89.7 Å². The number of ether oxygens (including phenoxy) is 1. The van der Waals surface area contributed by atoms with Crippen LogP contribution in [0, 0.1) is 10.1 Å². The van der Waals surface area contributed by atoms with Gasteiger partial charge in [0, 0.05) is 12.1 Å². The van der Waals surface area contributed by atoms with Crippen molar-refractivity contribution in [2.75, 3.05) is 0 Å². The van der Waals surface area contributed by atoms with Gasteiger partial charge in [-0.3, -0.25) is 10.1 Å². The van der Waals surface area contributed by atoms with E-state index in [1.54, 1.807) is 0 Å². The molecule has 0 amide bonds. The van der Waals surface area contributed by atoms with Crippen LogP contribution in [0.5, 0.6) is 5.75 Å². The molecule has 6 nitrogen and oxygen atoms in total. The minimum atomic E-state index is -1.08. The monoisotopic (exact) mass is 279 g/mol. The lowest BCUT2D eigenvalue weighted by atomic mass is 10.1. The predicted molar refractivity (Wildman–Crippen MR) is 74.8 cm³/mol. The fourth-order valence-corrected chi connectivity index (χ4v) is 1.73. The van der Waals surface area contributed by atoms with Crippen molar-refractivity contribution in [2.24, 2.45) is 0 Å². The predicted octanol–water partition coefficient (Wildman–Crippen LogP) is 3.26. The standard InChI is InChI=1S/C14H17NO5/c1-3-4-10(2)20-13-9-11(6-8-14(16)17)5-7-12(13)15(18)19/h5-10H,3-4H2,1-2H3,(H,16,17)/b8-6+. The first-order valence-electron chi connectivity index (χ1n) is 6.30. The molecule has 108 valence electrons. The van der Waals surface area contributed by atoms with Gasteiger partial charge in [-0.15, -0.1) is 0 Å². The van der Waals surface area contributed by atoms with E-state index < -0.39 is 10.9 Å². The van der Waals surface area contributed by atoms with Crippen molar-refractivity contribution in [3.63, 3.8) is 0 Å². The van der Waals surface area contributed by atoms with E-state index in [4.69, 9.17) is 9.84 Å². The maximum absolute atomic E-state index is 11.0. The Kier molecular flexibility index (Phi) is 5.71. The van der Waals surface area contributed by atoms with E-state index in [1.165, 1.54) is 24.3 Å². The van der Waals surface area contributed by atoms with E-state index in [0.29, 0.717) is 5.56 Å². The maximum atomic E-state index is 11.0. The van der Waals surface area contributed by atoms with Crippen molar-refractivity contribution in [1.29, 1.82) is 0 Å². The number of nitro benzene ring substituents is 1. The van der Waals surface area contributed by atoms with Crippen molar-refractivity contribution in [3.8, 4) is 5.75 Å². The molecule has 1 atom stereocenters. The lowest BCUT2D eigenvalue weighted by Gasteiger charge is -2.14. The second-order valence-electron chi connectivity index (χ2n) is 4.37. The summed E-state index contributed by atoms with van der Waals surface area (Å²) < 4.78 is 5.57. The van der Waals surface area contributed by atoms with E-state index >= 15 is 0 Å². The van der Waals surface area contributed by atoms with E-state index in [0.717, 1.165) is 18.9 Å². The molecular formula is C14H17NO5. The number of nitrogens with zero attached hydrogens (tertiary/aromatic N) is 1. The van der Waals surface area contributed by atoms with Gasteiger partial charge in [0.05, 0.1) is 11.0 Å². The summed E-state index contributed by atoms with van der Waals surface area (Å²) in [5.74, 6) is -0.923. The number of hydrogen-bond acceptors (Lipinski definition) is 4. The smallest absolute Gasteiger partial charge is 0.328 e. The molecule has 0 radical (unpaired) electrons. The molecule has 0 spiro atoms. The highest BCUT2D eigenvalue weighted by atomic mass is 16.6. The Bertz CT molecular complexity index is 524. The molecule has 6 heteroatoms. The molecule has 0 saturated carbocycles. The fourth-order valence-electron chi connectivity index (χ4n) is 1.73. The zero-order chi connectivity index (χ0) is 15.1. The van der Waals surface area contributed by atoms with Gasteiger partial charge in [0.25, 0.3) is 0 Å². The minimum absolute atomic E-state index is 0.125. The highest BCUT2D eigenvalue weighted by Crippen LogP contribution is 2.29. The van der Waals surface area contributed by atoms with Crippen molar-refractivity contribution >= 4 is 17.7 Å². The first-order valence-corrected chi connectivity index (χ1v) is 6.30. The van der Waals surface area contributed by atoms with Gasteiger partial charge in [0.15, 0.2) is 5.75 Å². The molecule has 0 aromatic heterocycles. The second kappa shape index (κ2) is 7.28. The van der Waals surface area contributed by atoms with Crippen LogP contribution in [0.25, 0.3) is 6.08 Å². The van der Waals surface area contributed by atoms with E-state index in [2.05, 4.69) is 0 Å².